The summed E-state index contributed by atoms with van der Waals surface area (Å²) in [6.07, 6.45) is 9.52. The number of hydrogen-bond acceptors (Lipinski definition) is 11. The molecule has 12 heteroatoms. The van der Waals surface area contributed by atoms with E-state index >= 15 is 0 Å². The number of nitrogens with zero attached hydrogens (tertiary/aromatic N) is 6. The molecule has 0 saturated carbocycles. The van der Waals surface area contributed by atoms with Crippen molar-refractivity contribution in [3.63, 3.8) is 0 Å². The first kappa shape index (κ1) is 31.9. The van der Waals surface area contributed by atoms with Crippen LogP contribution in [0.15, 0.2) is 81.8 Å². The van der Waals surface area contributed by atoms with E-state index in [1.54, 1.807) is 22.7 Å². The summed E-state index contributed by atoms with van der Waals surface area (Å²) in [5.74, 6) is 1.79. The Labute approximate surface area is 304 Å². The molecule has 0 bridgehead atoms. The maximum atomic E-state index is 9.13. The molecule has 0 spiro atoms. The molecular weight excluding hydrogens is 701 g/mol. The van der Waals surface area contributed by atoms with Crippen LogP contribution in [0, 0.1) is 52.4 Å². The summed E-state index contributed by atoms with van der Waals surface area (Å²) < 4.78 is 13.3. The molecule has 0 saturated heterocycles. The van der Waals surface area contributed by atoms with Gasteiger partial charge in [-0.05, 0) is 74.3 Å². The van der Waals surface area contributed by atoms with Crippen molar-refractivity contribution in [2.75, 3.05) is 0 Å². The Bertz CT molecular complexity index is 2310. The lowest BCUT2D eigenvalue weighted by molar-refractivity contribution is 0.145. The van der Waals surface area contributed by atoms with Gasteiger partial charge in [-0.15, -0.1) is 34.0 Å². The molecule has 2 aliphatic heterocycles. The van der Waals surface area contributed by atoms with E-state index in [0.29, 0.717) is 10.0 Å². The fourth-order valence-corrected chi connectivity index (χ4v) is 10.9. The van der Waals surface area contributed by atoms with Crippen molar-refractivity contribution in [2.24, 2.45) is 21.8 Å². The van der Waals surface area contributed by atoms with Gasteiger partial charge in [-0.1, -0.05) is 47.2 Å². The first-order valence-electron chi connectivity index (χ1n) is 15.5. The number of allylic oxidation sites excluding steroid dienone is 4. The lowest BCUT2D eigenvalue weighted by Crippen LogP contribution is -2.39. The molecule has 0 aromatic carbocycles. The second-order valence-corrected chi connectivity index (χ2v) is 17.2. The first-order chi connectivity index (χ1) is 24.0. The third kappa shape index (κ3) is 5.26. The minimum absolute atomic E-state index is 0.135. The molecule has 6 heterocycles. The number of ether oxygens (including phenoxy) is 2. The van der Waals surface area contributed by atoms with Gasteiger partial charge in [-0.3, -0.25) is 0 Å². The van der Waals surface area contributed by atoms with E-state index in [1.807, 2.05) is 42.5 Å². The largest absolute Gasteiger partial charge is 0.482 e. The summed E-state index contributed by atoms with van der Waals surface area (Å²) in [4.78, 5) is 17.8. The topological polar surface area (TPSA) is 119 Å². The van der Waals surface area contributed by atoms with Crippen LogP contribution in [0.3, 0.4) is 0 Å². The molecular formula is C38H24N6O2S4. The molecule has 50 heavy (non-hydrogen) atoms. The molecule has 0 fully saturated rings. The van der Waals surface area contributed by atoms with Crippen molar-refractivity contribution in [3.8, 4) is 49.2 Å². The van der Waals surface area contributed by atoms with Gasteiger partial charge in [0.2, 0.25) is 10.7 Å². The Morgan fingerprint density at radius 2 is 1.16 bits per heavy atom. The van der Waals surface area contributed by atoms with Crippen molar-refractivity contribution in [2.45, 2.75) is 38.9 Å². The fraction of sp³-hybridized carbons (Fsp3) is 0.211. The summed E-state index contributed by atoms with van der Waals surface area (Å²) in [5.41, 5.74) is 3.47. The number of hydrogen-bond donors (Lipinski definition) is 0. The van der Waals surface area contributed by atoms with Gasteiger partial charge in [0.05, 0.1) is 9.75 Å². The second-order valence-electron chi connectivity index (χ2n) is 12.9. The van der Waals surface area contributed by atoms with Gasteiger partial charge in [-0.2, -0.15) is 10.5 Å². The fourth-order valence-electron chi connectivity index (χ4n) is 6.70. The van der Waals surface area contributed by atoms with Crippen molar-refractivity contribution in [1.82, 2.24) is 0 Å². The zero-order chi connectivity index (χ0) is 34.9. The van der Waals surface area contributed by atoms with Gasteiger partial charge in [-0.25, -0.2) is 10.3 Å². The van der Waals surface area contributed by atoms with Gasteiger partial charge < -0.3 is 14.3 Å². The van der Waals surface area contributed by atoms with Crippen molar-refractivity contribution in [1.29, 1.82) is 15.8 Å². The summed E-state index contributed by atoms with van der Waals surface area (Å²) >= 11 is 6.25. The highest BCUT2D eigenvalue weighted by Gasteiger charge is 2.44. The third-order valence-electron chi connectivity index (χ3n) is 8.90. The van der Waals surface area contributed by atoms with Gasteiger partial charge in [0.25, 0.3) is 0 Å². The maximum absolute atomic E-state index is 9.13. The summed E-state index contributed by atoms with van der Waals surface area (Å²) in [6.45, 7) is 15.6. The number of thiophene rings is 4. The predicted octanol–water partition coefficient (Wildman–Crippen LogP) is 10.8. The average molecular weight is 725 g/mol. The van der Waals surface area contributed by atoms with E-state index in [-0.39, 0.29) is 23.4 Å². The molecule has 2 unspecified atom stereocenters. The normalized spacial score (nSPS) is 20.4. The summed E-state index contributed by atoms with van der Waals surface area (Å²) in [6, 6.07) is 17.3. The molecule has 0 N–H and O–H groups in total. The first-order valence-corrected chi connectivity index (χ1v) is 18.8. The number of fused-ring (bicyclic) bond motifs is 7. The average Bonchev–Trinajstić information content (AvgIpc) is 3.91. The van der Waals surface area contributed by atoms with Crippen LogP contribution in [0.2, 0.25) is 0 Å². The van der Waals surface area contributed by atoms with Crippen LogP contribution in [-0.2, 0) is 0 Å². The van der Waals surface area contributed by atoms with E-state index in [9.17, 15) is 0 Å². The van der Waals surface area contributed by atoms with Gasteiger partial charge in [0, 0.05) is 43.5 Å². The van der Waals surface area contributed by atoms with Crippen LogP contribution in [0.25, 0.3) is 35.5 Å². The molecule has 2 aliphatic carbocycles. The zero-order valence-electron chi connectivity index (χ0n) is 27.1. The molecule has 8 rings (SSSR count). The van der Waals surface area contributed by atoms with Crippen LogP contribution >= 0.6 is 45.3 Å². The smallest absolute Gasteiger partial charge is 0.350 e. The predicted molar refractivity (Wildman–Crippen MR) is 201 cm³/mol. The molecule has 0 amide bonds. The number of nitriles is 3. The van der Waals surface area contributed by atoms with Crippen LogP contribution in [0.1, 0.15) is 37.4 Å². The van der Waals surface area contributed by atoms with Gasteiger partial charge in [0.15, 0.2) is 0 Å². The lowest BCUT2D eigenvalue weighted by atomic mass is 9.70. The third-order valence-corrected chi connectivity index (χ3v) is 13.5. The highest BCUT2D eigenvalue weighted by molar-refractivity contribution is 7.25. The molecule has 4 aromatic heterocycles. The molecule has 242 valence electrons. The minimum atomic E-state index is -0.543. The number of amidine groups is 1. The van der Waals surface area contributed by atoms with E-state index < -0.39 is 11.2 Å². The van der Waals surface area contributed by atoms with Crippen LogP contribution in [-0.4, -0.2) is 22.7 Å². The Hall–Kier alpha value is -5.34. The summed E-state index contributed by atoms with van der Waals surface area (Å²) in [5, 5.41) is 28.6. The lowest BCUT2D eigenvalue weighted by Gasteiger charge is -2.42. The molecule has 4 aromatic rings. The standard InChI is InChI=1S/C38H24N6O2S4/c1-37(2)24-12-20-11-23-25(38(3,4)46-27-15-31(50-36(23)27)29-7-9-34(48-29)44-32(18-41)42-5)13-19(20)10-22(24)35-26(45-37)14-30(49-35)28-6-8-33(47-28)43-21(16-39)17-40/h6-15,19-20H,1-4H3. The highest BCUT2D eigenvalue weighted by atomic mass is 32.1. The molecule has 4 aliphatic rings. The number of aliphatic imine (C=N–C) groups is 2. The van der Waals surface area contributed by atoms with Crippen molar-refractivity contribution in [3.05, 3.63) is 93.0 Å². The van der Waals surface area contributed by atoms with Crippen molar-refractivity contribution < 1.29 is 9.47 Å². The van der Waals surface area contributed by atoms with Gasteiger partial charge in [0.1, 0.15) is 45.9 Å². The van der Waals surface area contributed by atoms with Crippen LogP contribution < -0.4 is 9.47 Å². The monoisotopic (exact) mass is 724 g/mol. The van der Waals surface area contributed by atoms with E-state index in [4.69, 9.17) is 31.8 Å². The zero-order valence-corrected chi connectivity index (χ0v) is 30.3. The van der Waals surface area contributed by atoms with Gasteiger partial charge >= 0.3 is 5.84 Å². The second kappa shape index (κ2) is 11.6. The Kier molecular flexibility index (Phi) is 7.42. The molecule has 2 atom stereocenters. The Balaban J connectivity index is 1.15. The van der Waals surface area contributed by atoms with Crippen molar-refractivity contribution >= 4 is 78.0 Å². The molecule has 0 radical (unpaired) electrons. The highest BCUT2D eigenvalue weighted by Crippen LogP contribution is 2.58. The summed E-state index contributed by atoms with van der Waals surface area (Å²) in [7, 11) is 0. The Morgan fingerprint density at radius 3 is 1.60 bits per heavy atom. The van der Waals surface area contributed by atoms with Crippen LogP contribution in [0.5, 0.6) is 11.5 Å². The van der Waals surface area contributed by atoms with Crippen LogP contribution in [0.4, 0.5) is 10.0 Å². The van der Waals surface area contributed by atoms with E-state index in [0.717, 1.165) is 40.8 Å². The Morgan fingerprint density at radius 1 is 0.680 bits per heavy atom. The van der Waals surface area contributed by atoms with E-state index in [2.05, 4.69) is 79.0 Å². The SMILES string of the molecule is [C-]#[N+]C(C#N)=Nc1ccc(-c2cc3c(s2)C2=CC4C=C5C(=CC4C=C2C(C)(C)O3)c2sc(-c3ccc(N=C(C#N)C#N)s3)cc2OC5(C)C)s1. The minimum Gasteiger partial charge on any atom is -0.482 e. The van der Waals surface area contributed by atoms with E-state index in [1.165, 1.54) is 45.0 Å². The number of rotatable bonds is 4. The quantitative estimate of drug-likeness (QED) is 0.118. The maximum Gasteiger partial charge on any atom is 0.350 e. The molecule has 8 nitrogen and oxygen atoms in total.